The molecule has 0 saturated heterocycles. The van der Waals surface area contributed by atoms with Gasteiger partial charge in [0.25, 0.3) is 0 Å². The van der Waals surface area contributed by atoms with E-state index in [0.717, 1.165) is 5.56 Å². The molecule has 0 bridgehead atoms. The van der Waals surface area contributed by atoms with E-state index in [1.54, 1.807) is 29.2 Å². The lowest BCUT2D eigenvalue weighted by Gasteiger charge is -2.28. The van der Waals surface area contributed by atoms with Gasteiger partial charge in [-0.05, 0) is 30.7 Å². The van der Waals surface area contributed by atoms with Crippen molar-refractivity contribution in [1.82, 2.24) is 4.90 Å². The van der Waals surface area contributed by atoms with Crippen molar-refractivity contribution < 1.29 is 19.1 Å². The van der Waals surface area contributed by atoms with Crippen molar-refractivity contribution in [3.63, 3.8) is 0 Å². The molecule has 1 N–H and O–H groups in total. The summed E-state index contributed by atoms with van der Waals surface area (Å²) in [4.78, 5) is 37.5. The predicted molar refractivity (Wildman–Crippen MR) is 103 cm³/mol. The van der Waals surface area contributed by atoms with E-state index in [9.17, 15) is 14.4 Å². The van der Waals surface area contributed by atoms with Crippen molar-refractivity contribution in [3.8, 4) is 0 Å². The highest BCUT2D eigenvalue weighted by atomic mass is 16.5. The summed E-state index contributed by atoms with van der Waals surface area (Å²) >= 11 is 0. The highest BCUT2D eigenvalue weighted by molar-refractivity contribution is 5.94. The Morgan fingerprint density at radius 3 is 2.41 bits per heavy atom. The smallest absolute Gasteiger partial charge is 0.337 e. The maximum atomic E-state index is 12.3. The Bertz CT molecular complexity index is 805. The molecule has 0 saturated carbocycles. The number of nitrogens with one attached hydrogen (secondary N) is 1. The zero-order valence-corrected chi connectivity index (χ0v) is 15.8. The Balaban J connectivity index is 1.98. The van der Waals surface area contributed by atoms with E-state index in [4.69, 9.17) is 0 Å². The lowest BCUT2D eigenvalue weighted by molar-refractivity contribution is -0.131. The number of hydrogen-bond donors (Lipinski definition) is 1. The van der Waals surface area contributed by atoms with Crippen LogP contribution in [0.1, 0.15) is 42.2 Å². The lowest BCUT2D eigenvalue weighted by Crippen LogP contribution is -2.34. The maximum Gasteiger partial charge on any atom is 0.337 e. The van der Waals surface area contributed by atoms with E-state index >= 15 is 0 Å². The van der Waals surface area contributed by atoms with E-state index < -0.39 is 5.97 Å². The van der Waals surface area contributed by atoms with Gasteiger partial charge in [-0.3, -0.25) is 9.59 Å². The summed E-state index contributed by atoms with van der Waals surface area (Å²) in [6.45, 7) is 3.74. The van der Waals surface area contributed by atoms with Crippen LogP contribution in [-0.2, 0) is 14.3 Å². The highest BCUT2D eigenvalue weighted by Crippen LogP contribution is 2.20. The average Bonchev–Trinajstić information content (AvgIpc) is 2.68. The molecule has 0 aliphatic carbocycles. The number of anilines is 1. The van der Waals surface area contributed by atoms with Crippen LogP contribution in [0.15, 0.2) is 54.6 Å². The molecule has 0 fully saturated rings. The lowest BCUT2D eigenvalue weighted by atomic mass is 10.1. The molecule has 0 aliphatic heterocycles. The van der Waals surface area contributed by atoms with E-state index in [0.29, 0.717) is 17.8 Å². The van der Waals surface area contributed by atoms with E-state index in [1.165, 1.54) is 14.0 Å². The molecule has 1 atom stereocenters. The van der Waals surface area contributed by atoms with Gasteiger partial charge >= 0.3 is 5.97 Å². The molecular weight excluding hydrogens is 344 g/mol. The summed E-state index contributed by atoms with van der Waals surface area (Å²) in [6.07, 6.45) is 0.152. The minimum absolute atomic E-state index is 0.0909. The summed E-state index contributed by atoms with van der Waals surface area (Å²) in [5.41, 5.74) is 1.88. The molecule has 2 aromatic rings. The Hall–Kier alpha value is -3.15. The van der Waals surface area contributed by atoms with Crippen LogP contribution in [-0.4, -0.2) is 36.3 Å². The fourth-order valence-electron chi connectivity index (χ4n) is 2.82. The molecule has 2 amide bonds. The molecule has 6 heteroatoms. The largest absolute Gasteiger partial charge is 0.465 e. The first-order valence-electron chi connectivity index (χ1n) is 8.72. The molecule has 2 rings (SSSR count). The minimum Gasteiger partial charge on any atom is -0.465 e. The van der Waals surface area contributed by atoms with E-state index in [2.05, 4.69) is 10.1 Å². The number of ether oxygens (including phenoxy) is 1. The van der Waals surface area contributed by atoms with Crippen molar-refractivity contribution in [2.75, 3.05) is 19.0 Å². The fourth-order valence-corrected chi connectivity index (χ4v) is 2.82. The molecule has 2 aromatic carbocycles. The van der Waals surface area contributed by atoms with Crippen LogP contribution in [0.25, 0.3) is 0 Å². The second-order valence-electron chi connectivity index (χ2n) is 6.17. The first-order valence-corrected chi connectivity index (χ1v) is 8.72. The molecule has 0 aliphatic rings. The van der Waals surface area contributed by atoms with Gasteiger partial charge in [-0.2, -0.15) is 0 Å². The number of carbonyl (C=O) groups is 3. The average molecular weight is 368 g/mol. The molecule has 6 nitrogen and oxygen atoms in total. The topological polar surface area (TPSA) is 75.7 Å². The Morgan fingerprint density at radius 2 is 1.78 bits per heavy atom. The van der Waals surface area contributed by atoms with Crippen LogP contribution in [0.4, 0.5) is 5.69 Å². The van der Waals surface area contributed by atoms with Crippen LogP contribution < -0.4 is 5.32 Å². The summed E-state index contributed by atoms with van der Waals surface area (Å²) in [5, 5.41) is 2.75. The molecule has 0 spiro atoms. The molecule has 0 heterocycles. The zero-order chi connectivity index (χ0) is 19.8. The Morgan fingerprint density at radius 1 is 1.07 bits per heavy atom. The summed E-state index contributed by atoms with van der Waals surface area (Å²) in [7, 11) is 1.30. The van der Waals surface area contributed by atoms with Crippen LogP contribution >= 0.6 is 0 Å². The number of benzene rings is 2. The third-order valence-corrected chi connectivity index (χ3v) is 4.30. The van der Waals surface area contributed by atoms with Crippen LogP contribution in [0.3, 0.4) is 0 Å². The van der Waals surface area contributed by atoms with Gasteiger partial charge in [0.15, 0.2) is 0 Å². The monoisotopic (exact) mass is 368 g/mol. The van der Waals surface area contributed by atoms with Gasteiger partial charge in [0, 0.05) is 25.6 Å². The molecule has 1 unspecified atom stereocenters. The van der Waals surface area contributed by atoms with Gasteiger partial charge in [0.2, 0.25) is 11.8 Å². The summed E-state index contributed by atoms with van der Waals surface area (Å²) in [6, 6.07) is 16.1. The normalized spacial score (nSPS) is 11.4. The van der Waals surface area contributed by atoms with E-state index in [1.807, 2.05) is 37.3 Å². The molecule has 27 heavy (non-hydrogen) atoms. The number of amides is 2. The fraction of sp³-hybridized carbons (Fsp3) is 0.286. The Kier molecular flexibility index (Phi) is 7.11. The highest BCUT2D eigenvalue weighted by Gasteiger charge is 2.19. The minimum atomic E-state index is -0.467. The summed E-state index contributed by atoms with van der Waals surface area (Å²) in [5.74, 6) is -0.791. The van der Waals surface area contributed by atoms with Gasteiger partial charge in [0.1, 0.15) is 0 Å². The molecule has 142 valence electrons. The van der Waals surface area contributed by atoms with Crippen molar-refractivity contribution in [2.45, 2.75) is 26.3 Å². The molecule has 0 aromatic heterocycles. The predicted octanol–water partition coefficient (Wildman–Crippen LogP) is 3.41. The number of hydrogen-bond acceptors (Lipinski definition) is 4. The van der Waals surface area contributed by atoms with Crippen molar-refractivity contribution in [1.29, 1.82) is 0 Å². The Labute approximate surface area is 159 Å². The second-order valence-corrected chi connectivity index (χ2v) is 6.17. The van der Waals surface area contributed by atoms with Gasteiger partial charge < -0.3 is 15.0 Å². The van der Waals surface area contributed by atoms with Crippen LogP contribution in [0, 0.1) is 0 Å². The second kappa shape index (κ2) is 9.52. The van der Waals surface area contributed by atoms with Crippen molar-refractivity contribution in [3.05, 3.63) is 65.7 Å². The van der Waals surface area contributed by atoms with Gasteiger partial charge in [0.05, 0.1) is 18.7 Å². The number of carbonyl (C=O) groups excluding carboxylic acids is 3. The van der Waals surface area contributed by atoms with Crippen molar-refractivity contribution >= 4 is 23.5 Å². The maximum absolute atomic E-state index is 12.3. The van der Waals surface area contributed by atoms with Gasteiger partial charge in [-0.25, -0.2) is 4.79 Å². The summed E-state index contributed by atoms with van der Waals surface area (Å²) < 4.78 is 4.67. The van der Waals surface area contributed by atoms with Crippen LogP contribution in [0.5, 0.6) is 0 Å². The van der Waals surface area contributed by atoms with Crippen LogP contribution in [0.2, 0.25) is 0 Å². The van der Waals surface area contributed by atoms with E-state index in [-0.39, 0.29) is 24.3 Å². The standard InChI is InChI=1S/C21H24N2O4/c1-15(17-8-5-4-6-9-17)23(16(2)24)13-12-20(25)22-19-11-7-10-18(14-19)21(26)27-3/h4-11,14-15H,12-13H2,1-3H3,(H,22,25). The third-order valence-electron chi connectivity index (χ3n) is 4.30. The number of rotatable bonds is 7. The van der Waals surface area contributed by atoms with Gasteiger partial charge in [-0.15, -0.1) is 0 Å². The zero-order valence-electron chi connectivity index (χ0n) is 15.8. The first kappa shape index (κ1) is 20.2. The molecule has 0 radical (unpaired) electrons. The SMILES string of the molecule is COC(=O)c1cccc(NC(=O)CCN(C(C)=O)C(C)c2ccccc2)c1. The quantitative estimate of drug-likeness (QED) is 0.760. The van der Waals surface area contributed by atoms with Gasteiger partial charge in [-0.1, -0.05) is 36.4 Å². The first-order chi connectivity index (χ1) is 12.9. The number of methoxy groups -OCH3 is 1. The third kappa shape index (κ3) is 5.67. The number of esters is 1. The number of nitrogens with zero attached hydrogens (tertiary/aromatic N) is 1. The molecular formula is C21H24N2O4. The van der Waals surface area contributed by atoms with Crippen molar-refractivity contribution in [2.24, 2.45) is 0 Å².